The molecule has 0 amide bonds. The average Bonchev–Trinajstić information content (AvgIpc) is 2.04. The van der Waals surface area contributed by atoms with Crippen molar-refractivity contribution in [3.63, 3.8) is 0 Å². The first-order valence-corrected chi connectivity index (χ1v) is 3.24. The van der Waals surface area contributed by atoms with Gasteiger partial charge in [0.05, 0.1) is 25.3 Å². The molecule has 0 aromatic rings. The molecule has 13 heavy (non-hydrogen) atoms. The van der Waals surface area contributed by atoms with E-state index in [2.05, 4.69) is 0 Å². The van der Waals surface area contributed by atoms with E-state index in [-0.39, 0.29) is 42.8 Å². The van der Waals surface area contributed by atoms with Crippen LogP contribution in [-0.2, 0) is 4.79 Å². The Balaban J connectivity index is -0.000000143. The van der Waals surface area contributed by atoms with Gasteiger partial charge in [-0.1, -0.05) is 0 Å². The molecular weight excluding hydrogens is 191 g/mol. The van der Waals surface area contributed by atoms with Gasteiger partial charge in [-0.05, 0) is 6.92 Å². The molecule has 7 heteroatoms. The molecule has 0 aliphatic carbocycles. The molecule has 1 atom stereocenters. The number of aliphatic carboxylic acids is 1. The Labute approximate surface area is 98.1 Å². The second kappa shape index (κ2) is 12.3. The van der Waals surface area contributed by atoms with E-state index in [9.17, 15) is 9.90 Å². The Morgan fingerprint density at radius 3 is 1.54 bits per heavy atom. The van der Waals surface area contributed by atoms with E-state index >= 15 is 0 Å². The molecule has 0 aromatic carbocycles. The molecule has 0 fully saturated rings. The minimum atomic E-state index is -1.44. The zero-order chi connectivity index (χ0) is 10.1. The minimum absolute atomic E-state index is 0. The predicted molar refractivity (Wildman–Crippen MR) is 36.9 cm³/mol. The van der Waals surface area contributed by atoms with Gasteiger partial charge in [0.25, 0.3) is 0 Å². The van der Waals surface area contributed by atoms with Crippen LogP contribution in [0, 0.1) is 0 Å². The maximum atomic E-state index is 9.34. The Bertz CT molecular complexity index is 114. The third-order valence-corrected chi connectivity index (χ3v) is 0.763. The van der Waals surface area contributed by atoms with Crippen LogP contribution < -0.4 is 34.7 Å². The van der Waals surface area contributed by atoms with Crippen molar-refractivity contribution in [1.82, 2.24) is 0 Å². The summed E-state index contributed by atoms with van der Waals surface area (Å²) in [5.41, 5.74) is 0. The normalized spacial score (nSPS) is 10.9. The van der Waals surface area contributed by atoms with Crippen molar-refractivity contribution in [2.45, 2.75) is 19.1 Å². The van der Waals surface area contributed by atoms with Gasteiger partial charge in [-0.2, -0.15) is 0 Å². The Hall–Kier alpha value is 0.310. The standard InChI is InChI=1S/C3H8O3.C3H6O3.Na/c4-1-3(6)2-5;1-2(4)3(5)6;/h3-6H,1-2H2;2,4H,1H3,(H,5,6);/q;;+1/p-1. The van der Waals surface area contributed by atoms with Crippen LogP contribution in [0.3, 0.4) is 0 Å². The fourth-order valence-electron chi connectivity index (χ4n) is 0.0577. The molecule has 0 aromatic heterocycles. The zero-order valence-corrected chi connectivity index (χ0v) is 9.67. The summed E-state index contributed by atoms with van der Waals surface area (Å²) in [4.78, 5) is 9.34. The minimum Gasteiger partial charge on any atom is -0.547 e. The summed E-state index contributed by atoms with van der Waals surface area (Å²) in [6, 6.07) is 0. The van der Waals surface area contributed by atoms with E-state index in [0.29, 0.717) is 0 Å². The second-order valence-corrected chi connectivity index (χ2v) is 2.01. The first-order valence-electron chi connectivity index (χ1n) is 3.24. The Morgan fingerprint density at radius 2 is 1.54 bits per heavy atom. The quantitative estimate of drug-likeness (QED) is 0.339. The van der Waals surface area contributed by atoms with Crippen LogP contribution in [0.25, 0.3) is 0 Å². The molecule has 0 aliphatic rings. The molecule has 0 saturated heterocycles. The van der Waals surface area contributed by atoms with Gasteiger partial charge in [-0.15, -0.1) is 0 Å². The van der Waals surface area contributed by atoms with Crippen molar-refractivity contribution < 1.29 is 59.9 Å². The van der Waals surface area contributed by atoms with Crippen LogP contribution in [0.4, 0.5) is 0 Å². The summed E-state index contributed by atoms with van der Waals surface area (Å²) in [6.45, 7) is 0.405. The molecule has 0 bridgehead atoms. The Kier molecular flexibility index (Phi) is 18.0. The van der Waals surface area contributed by atoms with Crippen molar-refractivity contribution in [2.24, 2.45) is 0 Å². The number of rotatable bonds is 3. The van der Waals surface area contributed by atoms with Gasteiger partial charge in [-0.3, -0.25) is 0 Å². The summed E-state index contributed by atoms with van der Waals surface area (Å²) in [5, 5.41) is 41.3. The second-order valence-electron chi connectivity index (χ2n) is 2.01. The molecule has 6 nitrogen and oxygen atoms in total. The van der Waals surface area contributed by atoms with Gasteiger partial charge in [0.2, 0.25) is 0 Å². The van der Waals surface area contributed by atoms with Crippen molar-refractivity contribution in [2.75, 3.05) is 13.2 Å². The SMILES string of the molecule is CC(O)C(=O)[O-].OCC(O)CO.[Na+]. The monoisotopic (exact) mass is 204 g/mol. The van der Waals surface area contributed by atoms with E-state index in [0.717, 1.165) is 6.92 Å². The first-order chi connectivity index (χ1) is 5.45. The summed E-state index contributed by atoms with van der Waals surface area (Å²) < 4.78 is 0. The maximum absolute atomic E-state index is 9.34. The van der Waals surface area contributed by atoms with Crippen molar-refractivity contribution in [3.05, 3.63) is 0 Å². The summed E-state index contributed by atoms with van der Waals surface area (Å²) in [6.07, 6.45) is -2.30. The van der Waals surface area contributed by atoms with E-state index < -0.39 is 18.2 Å². The average molecular weight is 204 g/mol. The summed E-state index contributed by atoms with van der Waals surface area (Å²) >= 11 is 0. The van der Waals surface area contributed by atoms with Crippen LogP contribution in [0.5, 0.6) is 0 Å². The number of hydrogen-bond acceptors (Lipinski definition) is 6. The number of carboxylic acid groups (broad SMARTS) is 1. The number of hydrogen-bond donors (Lipinski definition) is 4. The van der Waals surface area contributed by atoms with Crippen molar-refractivity contribution in [1.29, 1.82) is 0 Å². The first kappa shape index (κ1) is 19.0. The van der Waals surface area contributed by atoms with Crippen LogP contribution in [-0.4, -0.2) is 51.8 Å². The predicted octanol–water partition coefficient (Wildman–Crippen LogP) is -6.55. The fraction of sp³-hybridized carbons (Fsp3) is 0.833. The molecule has 0 heterocycles. The van der Waals surface area contributed by atoms with Gasteiger partial charge in [-0.25, -0.2) is 0 Å². The summed E-state index contributed by atoms with van der Waals surface area (Å²) in [5.74, 6) is -1.44. The molecule has 0 spiro atoms. The molecule has 0 rings (SSSR count). The van der Waals surface area contributed by atoms with Gasteiger partial charge in [0, 0.05) is 0 Å². The van der Waals surface area contributed by atoms with E-state index in [1.54, 1.807) is 0 Å². The van der Waals surface area contributed by atoms with E-state index in [1.807, 2.05) is 0 Å². The van der Waals surface area contributed by atoms with Gasteiger partial charge in [0.1, 0.15) is 6.10 Å². The largest absolute Gasteiger partial charge is 1.00 e. The molecule has 0 saturated carbocycles. The maximum Gasteiger partial charge on any atom is 1.00 e. The molecule has 0 aliphatic heterocycles. The number of carbonyl (C=O) groups excluding carboxylic acids is 1. The van der Waals surface area contributed by atoms with Crippen LogP contribution in [0.2, 0.25) is 0 Å². The number of carbonyl (C=O) groups is 1. The zero-order valence-electron chi connectivity index (χ0n) is 7.67. The molecule has 0 radical (unpaired) electrons. The van der Waals surface area contributed by atoms with Crippen LogP contribution in [0.15, 0.2) is 0 Å². The third-order valence-electron chi connectivity index (χ3n) is 0.763. The topological polar surface area (TPSA) is 121 Å². The molecular formula is C6H13NaO6. The summed E-state index contributed by atoms with van der Waals surface area (Å²) in [7, 11) is 0. The number of aliphatic hydroxyl groups excluding tert-OH is 4. The smallest absolute Gasteiger partial charge is 0.547 e. The molecule has 1 unspecified atom stereocenters. The number of carboxylic acids is 1. The molecule has 4 N–H and O–H groups in total. The third kappa shape index (κ3) is 18.9. The van der Waals surface area contributed by atoms with E-state index in [1.165, 1.54) is 0 Å². The Morgan fingerprint density at radius 1 is 1.31 bits per heavy atom. The van der Waals surface area contributed by atoms with Crippen LogP contribution in [0.1, 0.15) is 6.92 Å². The van der Waals surface area contributed by atoms with Crippen molar-refractivity contribution >= 4 is 5.97 Å². The number of aliphatic hydroxyl groups is 4. The van der Waals surface area contributed by atoms with Crippen molar-refractivity contribution in [3.8, 4) is 0 Å². The van der Waals surface area contributed by atoms with Gasteiger partial charge < -0.3 is 30.3 Å². The van der Waals surface area contributed by atoms with E-state index in [4.69, 9.17) is 20.4 Å². The van der Waals surface area contributed by atoms with Gasteiger partial charge >= 0.3 is 29.6 Å². The molecule has 74 valence electrons. The fourth-order valence-corrected chi connectivity index (χ4v) is 0.0577. The van der Waals surface area contributed by atoms with Crippen LogP contribution >= 0.6 is 0 Å². The van der Waals surface area contributed by atoms with Gasteiger partial charge in [0.15, 0.2) is 0 Å².